The Kier molecular flexibility index (Phi) is 4.83. The molecule has 1 aliphatic rings. The molecule has 0 N–H and O–H groups in total. The van der Waals surface area contributed by atoms with Crippen LogP contribution in [0.3, 0.4) is 0 Å². The minimum Gasteiger partial charge on any atom is -0.309 e. The fraction of sp³-hybridized carbons (Fsp3) is 0.278. The Hall–Kier alpha value is -1.98. The van der Waals surface area contributed by atoms with Crippen LogP contribution in [0.25, 0.3) is 0 Å². The average molecular weight is 351 g/mol. The van der Waals surface area contributed by atoms with Gasteiger partial charge in [0.2, 0.25) is 5.91 Å². The predicted octanol–water partition coefficient (Wildman–Crippen LogP) is 3.78. The third-order valence-electron chi connectivity index (χ3n) is 4.20. The van der Waals surface area contributed by atoms with Gasteiger partial charge in [0.05, 0.1) is 17.3 Å². The molecule has 1 fully saturated rings. The molecule has 1 aliphatic heterocycles. The molecule has 0 spiro atoms. The van der Waals surface area contributed by atoms with Crippen LogP contribution >= 0.6 is 11.6 Å². The Morgan fingerprint density at radius 1 is 1.12 bits per heavy atom. The Morgan fingerprint density at radius 3 is 2.58 bits per heavy atom. The van der Waals surface area contributed by atoms with E-state index in [4.69, 9.17) is 11.6 Å². The lowest BCUT2D eigenvalue weighted by Gasteiger charge is -2.34. The number of hydrogen-bond donors (Lipinski definition) is 0. The zero-order valence-corrected chi connectivity index (χ0v) is 14.0. The number of carbonyl (C=O) groups is 1. The van der Waals surface area contributed by atoms with Gasteiger partial charge in [0.1, 0.15) is 11.6 Å². The van der Waals surface area contributed by atoms with Gasteiger partial charge in [-0.15, -0.1) is 0 Å². The van der Waals surface area contributed by atoms with E-state index in [1.54, 1.807) is 34.9 Å². The summed E-state index contributed by atoms with van der Waals surface area (Å²) in [7, 11) is 0. The van der Waals surface area contributed by atoms with Crippen LogP contribution < -0.4 is 4.90 Å². The molecule has 1 heterocycles. The quantitative estimate of drug-likeness (QED) is 0.841. The molecule has 1 saturated heterocycles. The number of aryl methyl sites for hydroxylation is 1. The topological polar surface area (TPSA) is 23.6 Å². The molecule has 1 amide bonds. The van der Waals surface area contributed by atoms with Crippen LogP contribution in [0, 0.1) is 18.6 Å². The van der Waals surface area contributed by atoms with Crippen molar-refractivity contribution in [1.29, 1.82) is 0 Å². The van der Waals surface area contributed by atoms with Crippen molar-refractivity contribution in [3.63, 3.8) is 0 Å². The second-order valence-electron chi connectivity index (χ2n) is 5.86. The summed E-state index contributed by atoms with van der Waals surface area (Å²) in [6.07, 6.45) is 0. The number of halogens is 3. The van der Waals surface area contributed by atoms with E-state index in [2.05, 4.69) is 0 Å². The number of para-hydroxylation sites is 1. The summed E-state index contributed by atoms with van der Waals surface area (Å²) >= 11 is 6.14. The van der Waals surface area contributed by atoms with Gasteiger partial charge in [-0.05, 0) is 30.7 Å². The van der Waals surface area contributed by atoms with Crippen molar-refractivity contribution in [3.05, 3.63) is 64.2 Å². The van der Waals surface area contributed by atoms with Crippen LogP contribution in [-0.2, 0) is 11.3 Å². The van der Waals surface area contributed by atoms with Gasteiger partial charge in [-0.2, -0.15) is 0 Å². The monoisotopic (exact) mass is 350 g/mol. The average Bonchev–Trinajstić information content (AvgIpc) is 2.56. The van der Waals surface area contributed by atoms with Crippen LogP contribution in [0.2, 0.25) is 5.02 Å². The van der Waals surface area contributed by atoms with E-state index in [1.165, 1.54) is 12.1 Å². The SMILES string of the molecule is Cc1ccc(F)c(CN2CCN(c3ccccc3Cl)C(=O)C2)c1F. The van der Waals surface area contributed by atoms with Crippen molar-refractivity contribution < 1.29 is 13.6 Å². The summed E-state index contributed by atoms with van der Waals surface area (Å²) in [5.41, 5.74) is 1.07. The molecule has 126 valence electrons. The number of rotatable bonds is 3. The molecule has 0 bridgehead atoms. The first-order valence-corrected chi connectivity index (χ1v) is 8.06. The van der Waals surface area contributed by atoms with Crippen LogP contribution in [0.5, 0.6) is 0 Å². The molecule has 6 heteroatoms. The van der Waals surface area contributed by atoms with Crippen LogP contribution in [0.15, 0.2) is 36.4 Å². The molecule has 0 radical (unpaired) electrons. The smallest absolute Gasteiger partial charge is 0.241 e. The van der Waals surface area contributed by atoms with Crippen molar-refractivity contribution in [3.8, 4) is 0 Å². The minimum absolute atomic E-state index is 0.00833. The van der Waals surface area contributed by atoms with Crippen LogP contribution in [0.4, 0.5) is 14.5 Å². The highest BCUT2D eigenvalue weighted by molar-refractivity contribution is 6.33. The Labute approximate surface area is 144 Å². The lowest BCUT2D eigenvalue weighted by molar-refractivity contribution is -0.121. The van der Waals surface area contributed by atoms with Gasteiger partial charge in [0.15, 0.2) is 0 Å². The zero-order chi connectivity index (χ0) is 17.3. The first-order chi connectivity index (χ1) is 11.5. The van der Waals surface area contributed by atoms with Gasteiger partial charge in [-0.3, -0.25) is 9.69 Å². The maximum atomic E-state index is 14.1. The zero-order valence-electron chi connectivity index (χ0n) is 13.2. The van der Waals surface area contributed by atoms with E-state index >= 15 is 0 Å². The summed E-state index contributed by atoms with van der Waals surface area (Å²) in [5, 5.41) is 0.509. The van der Waals surface area contributed by atoms with E-state index in [-0.39, 0.29) is 24.6 Å². The predicted molar refractivity (Wildman–Crippen MR) is 90.2 cm³/mol. The standard InChI is InChI=1S/C18H17ClF2N2O/c1-12-6-7-15(20)13(18(12)21)10-22-8-9-23(17(24)11-22)16-5-3-2-4-14(16)19/h2-7H,8-11H2,1H3. The van der Waals surface area contributed by atoms with E-state index in [1.807, 2.05) is 6.07 Å². The molecule has 3 nitrogen and oxygen atoms in total. The van der Waals surface area contributed by atoms with Gasteiger partial charge < -0.3 is 4.90 Å². The Bertz CT molecular complexity index is 782. The molecule has 0 unspecified atom stereocenters. The van der Waals surface area contributed by atoms with Gasteiger partial charge in [0.25, 0.3) is 0 Å². The van der Waals surface area contributed by atoms with Crippen LogP contribution in [-0.4, -0.2) is 30.4 Å². The molecule has 0 saturated carbocycles. The number of nitrogens with zero attached hydrogens (tertiary/aromatic N) is 2. The molecule has 2 aromatic carbocycles. The summed E-state index contributed by atoms with van der Waals surface area (Å²) in [6.45, 7) is 2.71. The third-order valence-corrected chi connectivity index (χ3v) is 4.52. The van der Waals surface area contributed by atoms with E-state index in [0.29, 0.717) is 29.4 Å². The number of benzene rings is 2. The van der Waals surface area contributed by atoms with Gasteiger partial charge in [0, 0.05) is 25.2 Å². The normalized spacial score (nSPS) is 15.8. The second kappa shape index (κ2) is 6.87. The Morgan fingerprint density at radius 2 is 1.88 bits per heavy atom. The second-order valence-corrected chi connectivity index (χ2v) is 6.27. The van der Waals surface area contributed by atoms with Crippen molar-refractivity contribution in [1.82, 2.24) is 4.90 Å². The van der Waals surface area contributed by atoms with Crippen molar-refractivity contribution >= 4 is 23.2 Å². The molecule has 3 rings (SSSR count). The van der Waals surface area contributed by atoms with Crippen LogP contribution in [0.1, 0.15) is 11.1 Å². The van der Waals surface area contributed by atoms with Crippen molar-refractivity contribution in [2.24, 2.45) is 0 Å². The van der Waals surface area contributed by atoms with Crippen molar-refractivity contribution in [2.75, 3.05) is 24.5 Å². The maximum absolute atomic E-state index is 14.1. The highest BCUT2D eigenvalue weighted by Crippen LogP contribution is 2.27. The maximum Gasteiger partial charge on any atom is 0.241 e. The summed E-state index contributed by atoms with van der Waals surface area (Å²) in [6, 6.07) is 9.81. The van der Waals surface area contributed by atoms with Gasteiger partial charge in [-0.1, -0.05) is 29.8 Å². The number of carbonyl (C=O) groups excluding carboxylic acids is 1. The van der Waals surface area contributed by atoms with E-state index in [0.717, 1.165) is 0 Å². The highest BCUT2D eigenvalue weighted by atomic mass is 35.5. The lowest BCUT2D eigenvalue weighted by Crippen LogP contribution is -2.50. The van der Waals surface area contributed by atoms with Gasteiger partial charge in [-0.25, -0.2) is 8.78 Å². The van der Waals surface area contributed by atoms with Crippen molar-refractivity contribution in [2.45, 2.75) is 13.5 Å². The Balaban J connectivity index is 1.74. The number of anilines is 1. The summed E-state index contributed by atoms with van der Waals surface area (Å²) in [4.78, 5) is 15.8. The number of hydrogen-bond acceptors (Lipinski definition) is 2. The molecule has 0 aromatic heterocycles. The summed E-state index contributed by atoms with van der Waals surface area (Å²) < 4.78 is 28.0. The lowest BCUT2D eigenvalue weighted by atomic mass is 10.1. The number of amides is 1. The molecule has 2 aromatic rings. The fourth-order valence-electron chi connectivity index (χ4n) is 2.87. The number of piperazine rings is 1. The molecular formula is C18H17ClF2N2O. The third kappa shape index (κ3) is 3.28. The highest BCUT2D eigenvalue weighted by Gasteiger charge is 2.27. The molecule has 0 aliphatic carbocycles. The first kappa shape index (κ1) is 16.9. The van der Waals surface area contributed by atoms with E-state index in [9.17, 15) is 13.6 Å². The first-order valence-electron chi connectivity index (χ1n) is 7.68. The largest absolute Gasteiger partial charge is 0.309 e. The molecule has 24 heavy (non-hydrogen) atoms. The van der Waals surface area contributed by atoms with E-state index < -0.39 is 11.6 Å². The summed E-state index contributed by atoms with van der Waals surface area (Å²) in [5.74, 6) is -1.27. The molecular weight excluding hydrogens is 334 g/mol. The fourth-order valence-corrected chi connectivity index (χ4v) is 3.10. The molecule has 0 atom stereocenters. The van der Waals surface area contributed by atoms with Gasteiger partial charge >= 0.3 is 0 Å². The minimum atomic E-state index is -0.584.